The van der Waals surface area contributed by atoms with Crippen LogP contribution in [-0.2, 0) is 4.74 Å². The fraction of sp³-hybridized carbons (Fsp3) is 0.800. The van der Waals surface area contributed by atoms with E-state index in [4.69, 9.17) is 4.74 Å². The van der Waals surface area contributed by atoms with Crippen molar-refractivity contribution < 1.29 is 4.74 Å². The van der Waals surface area contributed by atoms with Gasteiger partial charge in [-0.05, 0) is 0 Å². The normalized spacial score (nSPS) is 8.29. The van der Waals surface area contributed by atoms with E-state index in [0.29, 0.717) is 0 Å². The summed E-state index contributed by atoms with van der Waals surface area (Å²) in [6, 6.07) is 0. The van der Waals surface area contributed by atoms with Gasteiger partial charge >= 0.3 is 57.2 Å². The van der Waals surface area contributed by atoms with Gasteiger partial charge in [0.1, 0.15) is 0 Å². The fourth-order valence-corrected chi connectivity index (χ4v) is 0.889. The monoisotopic (exact) mass is 216 g/mol. The van der Waals surface area contributed by atoms with Gasteiger partial charge in [-0.2, -0.15) is 0 Å². The first-order chi connectivity index (χ1) is 3.31. The van der Waals surface area contributed by atoms with Crippen LogP contribution in [0.5, 0.6) is 0 Å². The molecule has 0 aliphatic rings. The molecule has 0 aliphatic heterocycles. The van der Waals surface area contributed by atoms with Crippen molar-refractivity contribution in [2.45, 2.75) is 19.8 Å². The molecule has 0 rings (SSSR count). The van der Waals surface area contributed by atoms with Crippen LogP contribution in [0, 0.1) is 0 Å². The molecule has 42 valence electrons. The molecule has 0 saturated heterocycles. The molecule has 1 nitrogen and oxygen atoms in total. The number of methoxy groups -OCH3 is 1. The Labute approximate surface area is 57.4 Å². The van der Waals surface area contributed by atoms with Crippen LogP contribution in [0.15, 0.2) is 0 Å². The molecule has 2 heteroatoms. The number of hydrogen-bond donors (Lipinski definition) is 0. The summed E-state index contributed by atoms with van der Waals surface area (Å²) in [7, 11) is 1.72. The van der Waals surface area contributed by atoms with Gasteiger partial charge in [0.2, 0.25) is 0 Å². The van der Waals surface area contributed by atoms with Gasteiger partial charge in [0, 0.05) is 0 Å². The summed E-state index contributed by atoms with van der Waals surface area (Å²) in [5.41, 5.74) is 0. The van der Waals surface area contributed by atoms with Crippen LogP contribution in [0.3, 0.4) is 0 Å². The van der Waals surface area contributed by atoms with Gasteiger partial charge in [-0.3, -0.25) is 0 Å². The van der Waals surface area contributed by atoms with Gasteiger partial charge < -0.3 is 0 Å². The Morgan fingerprint density at radius 3 is 2.43 bits per heavy atom. The average Bonchev–Trinajstić information content (AvgIpc) is 1.68. The molecule has 0 saturated carbocycles. The Morgan fingerprint density at radius 2 is 2.29 bits per heavy atom. The van der Waals surface area contributed by atoms with Crippen molar-refractivity contribution in [3.8, 4) is 0 Å². The summed E-state index contributed by atoms with van der Waals surface area (Å²) in [6.45, 7) is 2.14. The van der Waals surface area contributed by atoms with Crippen molar-refractivity contribution in [1.82, 2.24) is 0 Å². The Morgan fingerprint density at radius 1 is 1.71 bits per heavy atom. The third-order valence-electron chi connectivity index (χ3n) is 0.682. The van der Waals surface area contributed by atoms with Crippen LogP contribution in [0.4, 0.5) is 0 Å². The van der Waals surface area contributed by atoms with Crippen LogP contribution in [-0.4, -0.2) is 32.7 Å². The molecular weight excluding hydrogens is 204 g/mol. The molecule has 0 aromatic rings. The molecule has 0 N–H and O–H groups in total. The minimum atomic E-state index is 1.10. The molecule has 0 atom stereocenters. The van der Waals surface area contributed by atoms with E-state index in [2.05, 4.69) is 6.92 Å². The molecule has 0 aromatic heterocycles. The quantitative estimate of drug-likeness (QED) is 0.629. The molecule has 0 spiro atoms. The molecule has 0 radical (unpaired) electrons. The van der Waals surface area contributed by atoms with Gasteiger partial charge in [0.25, 0.3) is 0 Å². The van der Waals surface area contributed by atoms with Crippen molar-refractivity contribution in [2.75, 3.05) is 7.11 Å². The van der Waals surface area contributed by atoms with Crippen LogP contribution in [0.25, 0.3) is 0 Å². The van der Waals surface area contributed by atoms with Gasteiger partial charge in [-0.15, -0.1) is 0 Å². The van der Waals surface area contributed by atoms with Crippen molar-refractivity contribution >= 4 is 25.6 Å². The summed E-state index contributed by atoms with van der Waals surface area (Å²) >= 11 is 1.94. The minimum absolute atomic E-state index is 1.10. The summed E-state index contributed by atoms with van der Waals surface area (Å²) in [6.07, 6.45) is 2.28. The second kappa shape index (κ2) is 4.61. The molecule has 0 aromatic carbocycles. The maximum absolute atomic E-state index is 4.91. The molecule has 0 unspecified atom stereocenters. The fourth-order valence-electron chi connectivity index (χ4n) is 0.306. The van der Waals surface area contributed by atoms with E-state index in [1.165, 1.54) is 6.42 Å². The summed E-state index contributed by atoms with van der Waals surface area (Å²) < 4.78 is 6.05. The van der Waals surface area contributed by atoms with Crippen molar-refractivity contribution in [1.29, 1.82) is 0 Å². The van der Waals surface area contributed by atoms with Crippen LogP contribution >= 0.6 is 0 Å². The van der Waals surface area contributed by atoms with E-state index >= 15 is 0 Å². The second-order valence-electron chi connectivity index (χ2n) is 1.33. The Balaban J connectivity index is 3.00. The van der Waals surface area contributed by atoms with E-state index in [1.54, 1.807) is 7.11 Å². The van der Waals surface area contributed by atoms with Gasteiger partial charge in [0.15, 0.2) is 0 Å². The zero-order valence-electron chi connectivity index (χ0n) is 4.73. The van der Waals surface area contributed by atoms with E-state index in [1.807, 2.05) is 21.8 Å². The molecule has 0 aliphatic carbocycles. The average molecular weight is 214 g/mol. The zero-order chi connectivity index (χ0) is 5.70. The first-order valence-corrected chi connectivity index (χ1v) is 3.54. The van der Waals surface area contributed by atoms with Crippen molar-refractivity contribution in [3.63, 3.8) is 0 Å². The maximum atomic E-state index is 4.91. The van der Waals surface area contributed by atoms with Crippen LogP contribution in [0.2, 0.25) is 0 Å². The first kappa shape index (κ1) is 7.46. The van der Waals surface area contributed by atoms with E-state index in [-0.39, 0.29) is 0 Å². The third-order valence-corrected chi connectivity index (χ3v) is 1.74. The predicted octanol–water partition coefficient (Wildman–Crippen LogP) is 0.731. The summed E-state index contributed by atoms with van der Waals surface area (Å²) in [4.78, 5) is 0. The molecule has 7 heavy (non-hydrogen) atoms. The Bertz CT molecular complexity index is 61.1. The van der Waals surface area contributed by atoms with Crippen molar-refractivity contribution in [2.24, 2.45) is 0 Å². The first-order valence-electron chi connectivity index (χ1n) is 2.38. The van der Waals surface area contributed by atoms with E-state index in [0.717, 1.165) is 10.2 Å². The summed E-state index contributed by atoms with van der Waals surface area (Å²) in [5.74, 6) is 0. The zero-order valence-corrected chi connectivity index (χ0v) is 7.06. The van der Waals surface area contributed by atoms with Gasteiger partial charge in [-0.1, -0.05) is 0 Å². The predicted molar refractivity (Wildman–Crippen MR) is 32.7 cm³/mol. The van der Waals surface area contributed by atoms with E-state index in [9.17, 15) is 0 Å². The van der Waals surface area contributed by atoms with E-state index < -0.39 is 0 Å². The standard InChI is InChI=1S/C5H10OTe/c1-3-4-5(7)6-2/h3-4H2,1-2H3. The topological polar surface area (TPSA) is 9.23 Å². The SMILES string of the molecule is CCCC(=[Te])OC. The molecule has 0 fully saturated rings. The van der Waals surface area contributed by atoms with Crippen LogP contribution in [0.1, 0.15) is 19.8 Å². The third kappa shape index (κ3) is 4.31. The van der Waals surface area contributed by atoms with Gasteiger partial charge in [-0.25, -0.2) is 0 Å². The Hall–Kier alpha value is 0.460. The molecule has 0 amide bonds. The van der Waals surface area contributed by atoms with Crippen LogP contribution < -0.4 is 0 Å². The number of rotatable bonds is 3. The number of hydrogen-bond acceptors (Lipinski definition) is 1. The van der Waals surface area contributed by atoms with Crippen molar-refractivity contribution in [3.05, 3.63) is 0 Å². The summed E-state index contributed by atoms with van der Waals surface area (Å²) in [5, 5.41) is 0. The molecular formula is C5H10OTe. The molecule has 0 heterocycles. The Kier molecular flexibility index (Phi) is 4.92. The second-order valence-corrected chi connectivity index (χ2v) is 2.63. The number of ether oxygens (including phenoxy) is 1. The van der Waals surface area contributed by atoms with Gasteiger partial charge in [0.05, 0.1) is 0 Å². The molecule has 0 bridgehead atoms.